The van der Waals surface area contributed by atoms with Gasteiger partial charge in [-0.05, 0) is 54.2 Å². The highest BCUT2D eigenvalue weighted by Crippen LogP contribution is 2.42. The lowest BCUT2D eigenvalue weighted by Crippen LogP contribution is -2.36. The van der Waals surface area contributed by atoms with E-state index in [9.17, 15) is 4.79 Å². The van der Waals surface area contributed by atoms with Crippen LogP contribution in [0.5, 0.6) is 17.2 Å². The molecule has 8 nitrogen and oxygen atoms in total. The molecule has 2 saturated heterocycles. The smallest absolute Gasteiger partial charge is 0.266 e. The maximum atomic E-state index is 12.9. The summed E-state index contributed by atoms with van der Waals surface area (Å²) in [5.41, 5.74) is 2.65. The summed E-state index contributed by atoms with van der Waals surface area (Å²) in [5.74, 6) is 1.42. The third kappa shape index (κ3) is 4.79. The Balaban J connectivity index is 1.57. The fourth-order valence-corrected chi connectivity index (χ4v) is 4.68. The first-order chi connectivity index (χ1) is 16.0. The number of methoxy groups -OCH3 is 3. The molecule has 0 aliphatic carbocycles. The topological polar surface area (TPSA) is 72.8 Å². The van der Waals surface area contributed by atoms with Crippen molar-refractivity contribution in [3.63, 3.8) is 0 Å². The average molecular weight is 470 g/mol. The van der Waals surface area contributed by atoms with Crippen LogP contribution in [-0.2, 0) is 9.53 Å². The van der Waals surface area contributed by atoms with Crippen LogP contribution in [0.4, 0.5) is 11.4 Å². The molecular formula is C24H27N3O5S. The van der Waals surface area contributed by atoms with Gasteiger partial charge in [-0.25, -0.2) is 4.99 Å². The lowest BCUT2D eigenvalue weighted by molar-refractivity contribution is -0.121. The normalized spacial score (nSPS) is 18.8. The van der Waals surface area contributed by atoms with Crippen molar-refractivity contribution in [1.29, 1.82) is 0 Å². The summed E-state index contributed by atoms with van der Waals surface area (Å²) >= 11 is 1.32. The molecular weight excluding hydrogens is 442 g/mol. The molecule has 1 amide bonds. The monoisotopic (exact) mass is 469 g/mol. The molecule has 2 heterocycles. The van der Waals surface area contributed by atoms with Crippen molar-refractivity contribution >= 4 is 40.3 Å². The fourth-order valence-electron chi connectivity index (χ4n) is 3.70. The van der Waals surface area contributed by atoms with E-state index in [2.05, 4.69) is 17.0 Å². The van der Waals surface area contributed by atoms with Gasteiger partial charge in [-0.2, -0.15) is 0 Å². The molecule has 0 saturated carbocycles. The molecule has 0 bridgehead atoms. The molecule has 0 aromatic heterocycles. The number of amides is 1. The summed E-state index contributed by atoms with van der Waals surface area (Å²) in [6.45, 7) is 3.25. The molecule has 2 fully saturated rings. The van der Waals surface area contributed by atoms with Crippen molar-refractivity contribution in [2.24, 2.45) is 4.99 Å². The van der Waals surface area contributed by atoms with Gasteiger partial charge in [-0.3, -0.25) is 9.69 Å². The van der Waals surface area contributed by atoms with E-state index >= 15 is 0 Å². The standard InChI is InChI=1S/C24H27N3O5S/c1-26-23(28)20(15-16-5-10-19(29-2)22(31-4)21(16)30-3)33-24(26)25-17-6-8-18(9-7-17)27-11-13-32-14-12-27/h5-10,15H,11-14H2,1-4H3/b20-15-,25-24?. The average Bonchev–Trinajstić information content (AvgIpc) is 3.12. The molecule has 2 aromatic carbocycles. The second-order valence-electron chi connectivity index (χ2n) is 7.41. The van der Waals surface area contributed by atoms with Crippen molar-refractivity contribution < 1.29 is 23.7 Å². The van der Waals surface area contributed by atoms with Crippen molar-refractivity contribution in [3.05, 3.63) is 46.9 Å². The van der Waals surface area contributed by atoms with Crippen LogP contribution in [0.25, 0.3) is 6.08 Å². The molecule has 4 rings (SSSR count). The number of anilines is 1. The highest BCUT2D eigenvalue weighted by atomic mass is 32.2. The number of carbonyl (C=O) groups is 1. The third-order valence-electron chi connectivity index (χ3n) is 5.48. The van der Waals surface area contributed by atoms with Crippen LogP contribution in [0.3, 0.4) is 0 Å². The Labute approximate surface area is 197 Å². The number of hydrogen-bond donors (Lipinski definition) is 0. The number of thioether (sulfide) groups is 1. The molecule has 33 heavy (non-hydrogen) atoms. The minimum absolute atomic E-state index is 0.125. The minimum atomic E-state index is -0.125. The molecule has 2 aliphatic heterocycles. The molecule has 0 unspecified atom stereocenters. The summed E-state index contributed by atoms with van der Waals surface area (Å²) in [6, 6.07) is 11.7. The van der Waals surface area contributed by atoms with Crippen LogP contribution < -0.4 is 19.1 Å². The maximum Gasteiger partial charge on any atom is 0.266 e. The van der Waals surface area contributed by atoms with Gasteiger partial charge in [0, 0.05) is 31.4 Å². The second kappa shape index (κ2) is 10.2. The lowest BCUT2D eigenvalue weighted by atomic mass is 10.1. The number of likely N-dealkylation sites (N-methyl/N-ethyl adjacent to an activating group) is 1. The number of aliphatic imine (C=N–C) groups is 1. The predicted molar refractivity (Wildman–Crippen MR) is 131 cm³/mol. The zero-order valence-corrected chi connectivity index (χ0v) is 20.0. The van der Waals surface area contributed by atoms with E-state index in [0.29, 0.717) is 27.3 Å². The van der Waals surface area contributed by atoms with Gasteiger partial charge in [0.25, 0.3) is 5.91 Å². The largest absolute Gasteiger partial charge is 0.493 e. The SMILES string of the molecule is COc1ccc(/C=C2\SC(=Nc3ccc(N4CCOCC4)cc3)N(C)C2=O)c(OC)c1OC. The Hall–Kier alpha value is -3.17. The van der Waals surface area contributed by atoms with Crippen molar-refractivity contribution in [2.45, 2.75) is 0 Å². The number of rotatable bonds is 6. The number of ether oxygens (including phenoxy) is 4. The number of nitrogens with zero attached hydrogens (tertiary/aromatic N) is 3. The van der Waals surface area contributed by atoms with Crippen LogP contribution in [0.2, 0.25) is 0 Å². The highest BCUT2D eigenvalue weighted by Gasteiger charge is 2.31. The van der Waals surface area contributed by atoms with Crippen LogP contribution in [0.15, 0.2) is 46.3 Å². The van der Waals surface area contributed by atoms with Gasteiger partial charge in [-0.1, -0.05) is 0 Å². The van der Waals surface area contributed by atoms with E-state index < -0.39 is 0 Å². The van der Waals surface area contributed by atoms with Gasteiger partial charge >= 0.3 is 0 Å². The van der Waals surface area contributed by atoms with E-state index in [-0.39, 0.29) is 5.91 Å². The van der Waals surface area contributed by atoms with Gasteiger partial charge in [0.1, 0.15) is 0 Å². The third-order valence-corrected chi connectivity index (χ3v) is 6.54. The van der Waals surface area contributed by atoms with Crippen LogP contribution in [0, 0.1) is 0 Å². The first kappa shape index (κ1) is 23.0. The summed E-state index contributed by atoms with van der Waals surface area (Å²) in [4.78, 5) is 22.0. The summed E-state index contributed by atoms with van der Waals surface area (Å²) in [6.07, 6.45) is 1.79. The van der Waals surface area contributed by atoms with E-state index in [0.717, 1.165) is 43.2 Å². The molecule has 0 N–H and O–H groups in total. The Morgan fingerprint density at radius 1 is 0.970 bits per heavy atom. The van der Waals surface area contributed by atoms with Crippen molar-refractivity contribution in [3.8, 4) is 17.2 Å². The number of amidine groups is 1. The molecule has 2 aliphatic rings. The number of morpholine rings is 1. The molecule has 0 spiro atoms. The van der Waals surface area contributed by atoms with Gasteiger partial charge in [-0.15, -0.1) is 0 Å². The Morgan fingerprint density at radius 2 is 1.67 bits per heavy atom. The first-order valence-electron chi connectivity index (χ1n) is 10.5. The zero-order valence-electron chi connectivity index (χ0n) is 19.2. The number of carbonyl (C=O) groups excluding carboxylic acids is 1. The Kier molecular flexibility index (Phi) is 7.10. The summed E-state index contributed by atoms with van der Waals surface area (Å²) < 4.78 is 21.7. The van der Waals surface area contributed by atoms with E-state index in [4.69, 9.17) is 23.9 Å². The summed E-state index contributed by atoms with van der Waals surface area (Å²) in [5, 5.41) is 0.616. The molecule has 2 aromatic rings. The van der Waals surface area contributed by atoms with Gasteiger partial charge in [0.15, 0.2) is 16.7 Å². The van der Waals surface area contributed by atoms with Gasteiger partial charge in [0.2, 0.25) is 5.75 Å². The van der Waals surface area contributed by atoms with E-state index in [1.165, 1.54) is 11.8 Å². The molecule has 174 valence electrons. The van der Waals surface area contributed by atoms with Gasteiger partial charge in [0.05, 0.1) is 45.1 Å². The molecule has 9 heteroatoms. The van der Waals surface area contributed by atoms with Crippen LogP contribution in [-0.4, -0.2) is 70.7 Å². The molecule has 0 atom stereocenters. The first-order valence-corrected chi connectivity index (χ1v) is 11.4. The minimum Gasteiger partial charge on any atom is -0.493 e. The lowest BCUT2D eigenvalue weighted by Gasteiger charge is -2.28. The number of hydrogen-bond acceptors (Lipinski definition) is 8. The number of benzene rings is 2. The Bertz CT molecular complexity index is 1080. The molecule has 0 radical (unpaired) electrons. The Morgan fingerprint density at radius 3 is 2.30 bits per heavy atom. The zero-order chi connectivity index (χ0) is 23.4. The van der Waals surface area contributed by atoms with Crippen LogP contribution in [0.1, 0.15) is 5.56 Å². The second-order valence-corrected chi connectivity index (χ2v) is 8.42. The maximum absolute atomic E-state index is 12.9. The van der Waals surface area contributed by atoms with Crippen molar-refractivity contribution in [2.75, 3.05) is 59.6 Å². The predicted octanol–water partition coefficient (Wildman–Crippen LogP) is 3.78. The summed E-state index contributed by atoms with van der Waals surface area (Å²) in [7, 11) is 6.40. The fraction of sp³-hybridized carbons (Fsp3) is 0.333. The van der Waals surface area contributed by atoms with Gasteiger partial charge < -0.3 is 23.8 Å². The van der Waals surface area contributed by atoms with E-state index in [1.54, 1.807) is 45.4 Å². The highest BCUT2D eigenvalue weighted by molar-refractivity contribution is 8.18. The quantitative estimate of drug-likeness (QED) is 0.596. The van der Waals surface area contributed by atoms with Crippen LogP contribution >= 0.6 is 11.8 Å². The van der Waals surface area contributed by atoms with Crippen molar-refractivity contribution in [1.82, 2.24) is 4.90 Å². The van der Waals surface area contributed by atoms with E-state index in [1.807, 2.05) is 18.2 Å².